The third-order valence-electron chi connectivity index (χ3n) is 4.83. The second kappa shape index (κ2) is 7.66. The van der Waals surface area contributed by atoms with E-state index in [-0.39, 0.29) is 12.5 Å². The Bertz CT molecular complexity index is 881. The number of amides is 1. The van der Waals surface area contributed by atoms with Crippen molar-refractivity contribution in [3.05, 3.63) is 59.7 Å². The zero-order chi connectivity index (χ0) is 17.8. The molecule has 26 heavy (non-hydrogen) atoms. The van der Waals surface area contributed by atoms with Crippen molar-refractivity contribution in [1.29, 1.82) is 0 Å². The van der Waals surface area contributed by atoms with E-state index in [4.69, 9.17) is 0 Å². The Balaban J connectivity index is 1.30. The molecule has 1 amide bonds. The Morgan fingerprint density at radius 2 is 1.73 bits per heavy atom. The van der Waals surface area contributed by atoms with Crippen molar-refractivity contribution in [1.82, 2.24) is 25.2 Å². The van der Waals surface area contributed by atoms with Gasteiger partial charge in [0, 0.05) is 13.1 Å². The average Bonchev–Trinajstić information content (AvgIpc) is 3.32. The quantitative estimate of drug-likeness (QED) is 0.742. The van der Waals surface area contributed by atoms with Crippen LogP contribution in [-0.2, 0) is 24.4 Å². The molecule has 6 nitrogen and oxygen atoms in total. The molecule has 1 fully saturated rings. The van der Waals surface area contributed by atoms with Crippen LogP contribution in [0.15, 0.2) is 48.5 Å². The molecule has 1 aliphatic rings. The van der Waals surface area contributed by atoms with Gasteiger partial charge in [-0.15, -0.1) is 5.10 Å². The summed E-state index contributed by atoms with van der Waals surface area (Å²) in [7, 11) is 0. The van der Waals surface area contributed by atoms with Gasteiger partial charge < -0.3 is 5.32 Å². The van der Waals surface area contributed by atoms with E-state index in [9.17, 15) is 4.79 Å². The summed E-state index contributed by atoms with van der Waals surface area (Å²) in [5, 5.41) is 11.1. The SMILES string of the molecule is O=C(Cn1nnc2ccccc21)NCc1ccc(CN2CCCC2)cc1. The molecule has 2 heterocycles. The largest absolute Gasteiger partial charge is 0.350 e. The minimum atomic E-state index is -0.0678. The zero-order valence-corrected chi connectivity index (χ0v) is 14.8. The van der Waals surface area contributed by atoms with Gasteiger partial charge in [-0.05, 0) is 49.2 Å². The van der Waals surface area contributed by atoms with Crippen molar-refractivity contribution in [3.63, 3.8) is 0 Å². The number of nitrogens with one attached hydrogen (secondary N) is 1. The number of rotatable bonds is 6. The number of likely N-dealkylation sites (tertiary alicyclic amines) is 1. The lowest BCUT2D eigenvalue weighted by Gasteiger charge is -2.14. The molecule has 1 aromatic heterocycles. The van der Waals surface area contributed by atoms with E-state index in [0.717, 1.165) is 23.1 Å². The molecule has 1 aliphatic heterocycles. The first-order chi connectivity index (χ1) is 12.8. The van der Waals surface area contributed by atoms with Gasteiger partial charge in [0.1, 0.15) is 12.1 Å². The van der Waals surface area contributed by atoms with Gasteiger partial charge in [-0.25, -0.2) is 4.68 Å². The number of carbonyl (C=O) groups excluding carboxylic acids is 1. The third-order valence-corrected chi connectivity index (χ3v) is 4.83. The molecule has 0 atom stereocenters. The van der Waals surface area contributed by atoms with Gasteiger partial charge in [0.25, 0.3) is 0 Å². The molecule has 3 aromatic rings. The Hall–Kier alpha value is -2.73. The molecule has 134 valence electrons. The zero-order valence-electron chi connectivity index (χ0n) is 14.8. The Kier molecular flexibility index (Phi) is 4.93. The number of aromatic nitrogens is 3. The minimum Gasteiger partial charge on any atom is -0.350 e. The fraction of sp³-hybridized carbons (Fsp3) is 0.350. The fourth-order valence-electron chi connectivity index (χ4n) is 3.39. The lowest BCUT2D eigenvalue weighted by atomic mass is 10.1. The molecule has 0 bridgehead atoms. The van der Waals surface area contributed by atoms with Crippen molar-refractivity contribution < 1.29 is 4.79 Å². The highest BCUT2D eigenvalue weighted by molar-refractivity contribution is 5.79. The molecular formula is C20H23N5O. The molecule has 0 unspecified atom stereocenters. The predicted molar refractivity (Wildman–Crippen MR) is 100 cm³/mol. The highest BCUT2D eigenvalue weighted by Crippen LogP contribution is 2.13. The van der Waals surface area contributed by atoms with Crippen LogP contribution in [0.4, 0.5) is 0 Å². The van der Waals surface area contributed by atoms with Crippen molar-refractivity contribution in [2.45, 2.75) is 32.5 Å². The molecular weight excluding hydrogens is 326 g/mol. The van der Waals surface area contributed by atoms with Crippen molar-refractivity contribution in [3.8, 4) is 0 Å². The van der Waals surface area contributed by atoms with Crippen molar-refractivity contribution >= 4 is 16.9 Å². The van der Waals surface area contributed by atoms with Crippen molar-refractivity contribution in [2.75, 3.05) is 13.1 Å². The molecule has 0 spiro atoms. The van der Waals surface area contributed by atoms with Crippen LogP contribution in [0.25, 0.3) is 11.0 Å². The molecule has 6 heteroatoms. The number of para-hydroxylation sites is 1. The topological polar surface area (TPSA) is 63.1 Å². The average molecular weight is 349 g/mol. The Labute approximate surface area is 152 Å². The standard InChI is InChI=1S/C20H23N5O/c26-20(15-25-19-6-2-1-5-18(19)22-23-25)21-13-16-7-9-17(10-8-16)14-24-11-3-4-12-24/h1-2,5-10H,3-4,11-15H2,(H,21,26). The number of fused-ring (bicyclic) bond motifs is 1. The van der Waals surface area contributed by atoms with Crippen LogP contribution in [0.3, 0.4) is 0 Å². The summed E-state index contributed by atoms with van der Waals surface area (Å²) in [5.74, 6) is -0.0678. The summed E-state index contributed by atoms with van der Waals surface area (Å²) >= 11 is 0. The maximum absolute atomic E-state index is 12.2. The van der Waals surface area contributed by atoms with Gasteiger partial charge in [0.15, 0.2) is 0 Å². The molecule has 1 saturated heterocycles. The Morgan fingerprint density at radius 3 is 2.54 bits per heavy atom. The van der Waals surface area contributed by atoms with Gasteiger partial charge in [0.05, 0.1) is 5.52 Å². The highest BCUT2D eigenvalue weighted by atomic mass is 16.2. The van der Waals surface area contributed by atoms with Gasteiger partial charge in [-0.1, -0.05) is 41.6 Å². The number of benzene rings is 2. The lowest BCUT2D eigenvalue weighted by molar-refractivity contribution is -0.121. The van der Waals surface area contributed by atoms with Crippen LogP contribution in [0.1, 0.15) is 24.0 Å². The first-order valence-corrected chi connectivity index (χ1v) is 9.13. The van der Waals surface area contributed by atoms with E-state index in [1.807, 2.05) is 24.3 Å². The summed E-state index contributed by atoms with van der Waals surface area (Å²) < 4.78 is 1.63. The van der Waals surface area contributed by atoms with E-state index in [1.165, 1.54) is 31.5 Å². The van der Waals surface area contributed by atoms with E-state index in [1.54, 1.807) is 4.68 Å². The monoisotopic (exact) mass is 349 g/mol. The number of hydrogen-bond donors (Lipinski definition) is 1. The summed E-state index contributed by atoms with van der Waals surface area (Å²) in [4.78, 5) is 14.7. The van der Waals surface area contributed by atoms with E-state index in [2.05, 4.69) is 44.8 Å². The van der Waals surface area contributed by atoms with Gasteiger partial charge in [0.2, 0.25) is 5.91 Å². The minimum absolute atomic E-state index is 0.0678. The van der Waals surface area contributed by atoms with Crippen LogP contribution in [0.5, 0.6) is 0 Å². The maximum Gasteiger partial charge on any atom is 0.242 e. The smallest absolute Gasteiger partial charge is 0.242 e. The highest BCUT2D eigenvalue weighted by Gasteiger charge is 2.12. The van der Waals surface area contributed by atoms with Crippen LogP contribution < -0.4 is 5.32 Å². The fourth-order valence-corrected chi connectivity index (χ4v) is 3.39. The normalized spacial score (nSPS) is 14.8. The first kappa shape index (κ1) is 16.7. The molecule has 0 radical (unpaired) electrons. The Morgan fingerprint density at radius 1 is 1.00 bits per heavy atom. The van der Waals surface area contributed by atoms with Crippen LogP contribution in [-0.4, -0.2) is 38.9 Å². The molecule has 1 N–H and O–H groups in total. The summed E-state index contributed by atoms with van der Waals surface area (Å²) in [6.07, 6.45) is 2.62. The summed E-state index contributed by atoms with van der Waals surface area (Å²) in [5.41, 5.74) is 4.10. The predicted octanol–water partition coefficient (Wildman–Crippen LogP) is 2.34. The number of carbonyl (C=O) groups is 1. The van der Waals surface area contributed by atoms with E-state index < -0.39 is 0 Å². The number of nitrogens with zero attached hydrogens (tertiary/aromatic N) is 4. The van der Waals surface area contributed by atoms with Crippen LogP contribution >= 0.6 is 0 Å². The van der Waals surface area contributed by atoms with E-state index >= 15 is 0 Å². The van der Waals surface area contributed by atoms with Crippen LogP contribution in [0.2, 0.25) is 0 Å². The molecule has 0 saturated carbocycles. The van der Waals surface area contributed by atoms with E-state index in [0.29, 0.717) is 6.54 Å². The molecule has 4 rings (SSSR count). The first-order valence-electron chi connectivity index (χ1n) is 9.13. The van der Waals surface area contributed by atoms with Gasteiger partial charge in [-0.2, -0.15) is 0 Å². The van der Waals surface area contributed by atoms with Crippen LogP contribution in [0, 0.1) is 0 Å². The summed E-state index contributed by atoms with van der Waals surface area (Å²) in [6, 6.07) is 16.1. The third kappa shape index (κ3) is 3.91. The molecule has 0 aliphatic carbocycles. The molecule has 2 aromatic carbocycles. The summed E-state index contributed by atoms with van der Waals surface area (Å²) in [6.45, 7) is 4.12. The van der Waals surface area contributed by atoms with Gasteiger partial charge >= 0.3 is 0 Å². The van der Waals surface area contributed by atoms with Gasteiger partial charge in [-0.3, -0.25) is 9.69 Å². The van der Waals surface area contributed by atoms with Crippen molar-refractivity contribution in [2.24, 2.45) is 0 Å². The lowest BCUT2D eigenvalue weighted by Crippen LogP contribution is -2.27. The maximum atomic E-state index is 12.2. The number of hydrogen-bond acceptors (Lipinski definition) is 4. The second-order valence-electron chi connectivity index (χ2n) is 6.81. The second-order valence-corrected chi connectivity index (χ2v) is 6.81.